The van der Waals surface area contributed by atoms with Gasteiger partial charge in [0.15, 0.2) is 11.5 Å². The molecule has 0 unspecified atom stereocenters. The third kappa shape index (κ3) is 4.91. The van der Waals surface area contributed by atoms with E-state index in [1.165, 1.54) is 31.4 Å². The van der Waals surface area contributed by atoms with E-state index in [0.717, 1.165) is 12.8 Å². The van der Waals surface area contributed by atoms with Crippen LogP contribution in [0.15, 0.2) is 41.3 Å². The molecule has 1 amide bonds. The Labute approximate surface area is 179 Å². The van der Waals surface area contributed by atoms with Crippen LogP contribution in [0.1, 0.15) is 28.8 Å². The zero-order chi connectivity index (χ0) is 22.0. The Balaban J connectivity index is 1.58. The molecule has 1 heterocycles. The van der Waals surface area contributed by atoms with Crippen LogP contribution in [0.3, 0.4) is 0 Å². The van der Waals surface area contributed by atoms with Crippen LogP contribution in [-0.4, -0.2) is 40.6 Å². The predicted molar refractivity (Wildman–Crippen MR) is 111 cm³/mol. The monoisotopic (exact) mass is 446 g/mol. The number of rotatable bonds is 7. The van der Waals surface area contributed by atoms with Crippen molar-refractivity contribution in [2.24, 2.45) is 5.92 Å². The van der Waals surface area contributed by atoms with Crippen molar-refractivity contribution in [3.63, 3.8) is 0 Å². The van der Waals surface area contributed by atoms with Gasteiger partial charge >= 0.3 is 5.97 Å². The molecule has 1 aliphatic carbocycles. The van der Waals surface area contributed by atoms with Gasteiger partial charge in [-0.05, 0) is 48.7 Å². The van der Waals surface area contributed by atoms with Crippen LogP contribution in [0.2, 0.25) is 0 Å². The van der Waals surface area contributed by atoms with Crippen molar-refractivity contribution in [3.8, 4) is 11.5 Å². The predicted octanol–water partition coefficient (Wildman–Crippen LogP) is 2.07. The molecular weight excluding hydrogens is 424 g/mol. The lowest BCUT2D eigenvalue weighted by molar-refractivity contribution is -0.122. The van der Waals surface area contributed by atoms with Gasteiger partial charge in [0.25, 0.3) is 10.0 Å². The lowest BCUT2D eigenvalue weighted by atomic mass is 10.1. The van der Waals surface area contributed by atoms with Crippen molar-refractivity contribution in [1.29, 1.82) is 0 Å². The van der Waals surface area contributed by atoms with Crippen molar-refractivity contribution >= 4 is 27.6 Å². The number of fused-ring (bicyclic) bond motifs is 1. The fourth-order valence-electron chi connectivity index (χ4n) is 3.17. The molecule has 2 aromatic rings. The summed E-state index contributed by atoms with van der Waals surface area (Å²) in [5.41, 5.74) is 0.908. The second-order valence-electron chi connectivity index (χ2n) is 7.31. The summed E-state index contributed by atoms with van der Waals surface area (Å²) < 4.78 is 44.0. The highest BCUT2D eigenvalue weighted by molar-refractivity contribution is 7.92. The van der Waals surface area contributed by atoms with Gasteiger partial charge in [-0.1, -0.05) is 0 Å². The number of sulfonamides is 1. The lowest BCUT2D eigenvalue weighted by Crippen LogP contribution is -2.24. The number of anilines is 1. The number of methoxy groups -OCH3 is 1. The maximum atomic E-state index is 12.9. The van der Waals surface area contributed by atoms with E-state index in [0.29, 0.717) is 30.3 Å². The summed E-state index contributed by atoms with van der Waals surface area (Å²) >= 11 is 0. The molecule has 0 spiro atoms. The second-order valence-corrected chi connectivity index (χ2v) is 9.00. The van der Waals surface area contributed by atoms with Crippen molar-refractivity contribution in [2.45, 2.75) is 24.3 Å². The first-order chi connectivity index (χ1) is 14.9. The van der Waals surface area contributed by atoms with Gasteiger partial charge < -0.3 is 19.5 Å². The molecule has 0 radical (unpaired) electrons. The Bertz CT molecular complexity index is 1130. The molecule has 164 valence electrons. The van der Waals surface area contributed by atoms with E-state index in [4.69, 9.17) is 14.2 Å². The summed E-state index contributed by atoms with van der Waals surface area (Å²) in [5.74, 6) is 0.196. The maximum Gasteiger partial charge on any atom is 0.337 e. The number of hydrogen-bond donors (Lipinski definition) is 2. The molecule has 0 aromatic heterocycles. The van der Waals surface area contributed by atoms with Crippen LogP contribution in [-0.2, 0) is 26.1 Å². The molecule has 0 atom stereocenters. The number of benzene rings is 2. The minimum absolute atomic E-state index is 0.0104. The zero-order valence-electron chi connectivity index (χ0n) is 16.8. The summed E-state index contributed by atoms with van der Waals surface area (Å²) in [7, 11) is -2.73. The average Bonchev–Trinajstić information content (AvgIpc) is 3.61. The van der Waals surface area contributed by atoms with Crippen LogP contribution < -0.4 is 19.5 Å². The fourth-order valence-corrected chi connectivity index (χ4v) is 4.23. The van der Waals surface area contributed by atoms with E-state index in [1.807, 2.05) is 0 Å². The summed E-state index contributed by atoms with van der Waals surface area (Å²) in [6, 6.07) is 8.84. The highest BCUT2D eigenvalue weighted by Crippen LogP contribution is 2.33. The van der Waals surface area contributed by atoms with Gasteiger partial charge in [-0.2, -0.15) is 0 Å². The molecule has 2 N–H and O–H groups in total. The standard InChI is InChI=1S/C21H22N2O7S/c1-28-21(25)15-8-13(12-22-20(24)14-2-3-14)9-16(10-15)23-31(26,27)17-4-5-18-19(11-17)30-7-6-29-18/h4-5,8-11,14,23H,2-3,6-7,12H2,1H3,(H,22,24). The highest BCUT2D eigenvalue weighted by Gasteiger charge is 2.29. The lowest BCUT2D eigenvalue weighted by Gasteiger charge is -2.19. The van der Waals surface area contributed by atoms with Crippen molar-refractivity contribution < 1.29 is 32.2 Å². The van der Waals surface area contributed by atoms with Crippen molar-refractivity contribution in [3.05, 3.63) is 47.5 Å². The number of esters is 1. The number of carbonyl (C=O) groups excluding carboxylic acids is 2. The van der Waals surface area contributed by atoms with E-state index in [-0.39, 0.29) is 34.5 Å². The van der Waals surface area contributed by atoms with E-state index < -0.39 is 16.0 Å². The molecule has 1 aliphatic heterocycles. The van der Waals surface area contributed by atoms with Gasteiger partial charge in [0, 0.05) is 18.5 Å². The minimum atomic E-state index is -3.97. The van der Waals surface area contributed by atoms with E-state index >= 15 is 0 Å². The summed E-state index contributed by atoms with van der Waals surface area (Å²) in [6.07, 6.45) is 1.74. The number of nitrogens with one attached hydrogen (secondary N) is 2. The first-order valence-corrected chi connectivity index (χ1v) is 11.3. The molecule has 1 fully saturated rings. The number of amides is 1. The Morgan fingerprint density at radius 2 is 1.81 bits per heavy atom. The first kappa shape index (κ1) is 21.0. The van der Waals surface area contributed by atoms with Gasteiger partial charge in [0.2, 0.25) is 5.91 Å². The topological polar surface area (TPSA) is 120 Å². The molecule has 9 nitrogen and oxygen atoms in total. The smallest absolute Gasteiger partial charge is 0.337 e. The maximum absolute atomic E-state index is 12.9. The van der Waals surface area contributed by atoms with Crippen LogP contribution in [0.5, 0.6) is 11.5 Å². The van der Waals surface area contributed by atoms with E-state index in [9.17, 15) is 18.0 Å². The van der Waals surface area contributed by atoms with Gasteiger partial charge in [0.1, 0.15) is 13.2 Å². The van der Waals surface area contributed by atoms with Crippen LogP contribution >= 0.6 is 0 Å². The van der Waals surface area contributed by atoms with Gasteiger partial charge in [-0.3, -0.25) is 9.52 Å². The summed E-state index contributed by atoms with van der Waals surface area (Å²) in [6.45, 7) is 0.900. The molecular formula is C21H22N2O7S. The van der Waals surface area contributed by atoms with Gasteiger partial charge in [-0.25, -0.2) is 13.2 Å². The minimum Gasteiger partial charge on any atom is -0.486 e. The van der Waals surface area contributed by atoms with Crippen LogP contribution in [0.4, 0.5) is 5.69 Å². The molecule has 2 aromatic carbocycles. The number of ether oxygens (including phenoxy) is 3. The zero-order valence-corrected chi connectivity index (χ0v) is 17.7. The first-order valence-electron chi connectivity index (χ1n) is 9.78. The molecule has 31 heavy (non-hydrogen) atoms. The highest BCUT2D eigenvalue weighted by atomic mass is 32.2. The average molecular weight is 446 g/mol. The SMILES string of the molecule is COC(=O)c1cc(CNC(=O)C2CC2)cc(NS(=O)(=O)c2ccc3c(c2)OCCO3)c1. The van der Waals surface area contributed by atoms with Crippen molar-refractivity contribution in [2.75, 3.05) is 25.0 Å². The van der Waals surface area contributed by atoms with Gasteiger partial charge in [-0.15, -0.1) is 0 Å². The van der Waals surface area contributed by atoms with Crippen LogP contribution in [0, 0.1) is 5.92 Å². The third-order valence-corrected chi connectivity index (χ3v) is 6.28. The van der Waals surface area contributed by atoms with Gasteiger partial charge in [0.05, 0.1) is 23.3 Å². The molecule has 0 saturated heterocycles. The quantitative estimate of drug-likeness (QED) is 0.625. The molecule has 2 aliphatic rings. The van der Waals surface area contributed by atoms with E-state index in [1.54, 1.807) is 12.1 Å². The number of hydrogen-bond acceptors (Lipinski definition) is 7. The van der Waals surface area contributed by atoms with Crippen LogP contribution in [0.25, 0.3) is 0 Å². The molecule has 4 rings (SSSR count). The van der Waals surface area contributed by atoms with E-state index in [2.05, 4.69) is 10.0 Å². The molecule has 0 bridgehead atoms. The molecule has 10 heteroatoms. The third-order valence-electron chi connectivity index (χ3n) is 4.90. The Morgan fingerprint density at radius 1 is 1.06 bits per heavy atom. The fraction of sp³-hybridized carbons (Fsp3) is 0.333. The normalized spacial score (nSPS) is 15.1. The summed E-state index contributed by atoms with van der Waals surface area (Å²) in [5, 5.41) is 2.80. The summed E-state index contributed by atoms with van der Waals surface area (Å²) in [4.78, 5) is 24.0. The largest absolute Gasteiger partial charge is 0.486 e. The Kier molecular flexibility index (Phi) is 5.73. The number of carbonyl (C=O) groups is 2. The Hall–Kier alpha value is -3.27. The second kappa shape index (κ2) is 8.46. The molecule has 1 saturated carbocycles. The van der Waals surface area contributed by atoms with Crippen molar-refractivity contribution in [1.82, 2.24) is 5.32 Å². The Morgan fingerprint density at radius 3 is 2.52 bits per heavy atom.